The number of hydrogen-bond donors (Lipinski definition) is 2. The molecule has 1 rings (SSSR count). The quantitative estimate of drug-likeness (QED) is 0.676. The molecule has 24 heavy (non-hydrogen) atoms. The van der Waals surface area contributed by atoms with Gasteiger partial charge in [-0.15, -0.1) is 0 Å². The highest BCUT2D eigenvalue weighted by Crippen LogP contribution is 2.17. The van der Waals surface area contributed by atoms with Gasteiger partial charge < -0.3 is 15.3 Å². The first-order valence-corrected chi connectivity index (χ1v) is 8.69. The minimum absolute atomic E-state index is 0.0467. The van der Waals surface area contributed by atoms with Crippen molar-refractivity contribution < 1.29 is 14.7 Å². The summed E-state index contributed by atoms with van der Waals surface area (Å²) in [7, 11) is 1.73. The predicted octanol–water partition coefficient (Wildman–Crippen LogP) is 3.31. The van der Waals surface area contributed by atoms with Gasteiger partial charge >= 0.3 is 5.97 Å². The summed E-state index contributed by atoms with van der Waals surface area (Å²) in [6.45, 7) is 4.29. The number of carboxylic acids is 1. The van der Waals surface area contributed by atoms with Crippen LogP contribution in [-0.4, -0.2) is 41.0 Å². The zero-order chi connectivity index (χ0) is 18.1. The van der Waals surface area contributed by atoms with Crippen molar-refractivity contribution in [1.82, 2.24) is 10.2 Å². The summed E-state index contributed by atoms with van der Waals surface area (Å²) in [5.74, 6) is -0.915. The molecular weight excluding hydrogens is 328 g/mol. The Bertz CT molecular complexity index is 551. The molecule has 2 N–H and O–H groups in total. The minimum Gasteiger partial charge on any atom is -0.480 e. The number of unbranched alkanes of at least 4 members (excludes halogenated alkanes) is 1. The molecule has 1 aromatic rings. The van der Waals surface area contributed by atoms with Gasteiger partial charge in [-0.05, 0) is 25.0 Å². The molecule has 0 aliphatic rings. The molecule has 134 valence electrons. The Morgan fingerprint density at radius 2 is 2.00 bits per heavy atom. The van der Waals surface area contributed by atoms with E-state index in [1.165, 1.54) is 0 Å². The number of aliphatic carboxylic acids is 1. The number of carbonyl (C=O) groups is 2. The minimum atomic E-state index is -0.868. The molecule has 0 spiro atoms. The van der Waals surface area contributed by atoms with Crippen LogP contribution in [0.25, 0.3) is 0 Å². The van der Waals surface area contributed by atoms with Crippen LogP contribution in [0.4, 0.5) is 0 Å². The maximum absolute atomic E-state index is 12.3. The van der Waals surface area contributed by atoms with Crippen LogP contribution in [0.2, 0.25) is 5.02 Å². The summed E-state index contributed by atoms with van der Waals surface area (Å²) in [6.07, 6.45) is 2.60. The first-order valence-electron chi connectivity index (χ1n) is 8.31. The molecule has 6 heteroatoms. The summed E-state index contributed by atoms with van der Waals surface area (Å²) in [4.78, 5) is 25.2. The van der Waals surface area contributed by atoms with E-state index < -0.39 is 12.0 Å². The molecule has 0 saturated carbocycles. The smallest absolute Gasteiger partial charge is 0.320 e. The molecule has 5 nitrogen and oxygen atoms in total. The Labute approximate surface area is 149 Å². The van der Waals surface area contributed by atoms with E-state index in [4.69, 9.17) is 11.6 Å². The molecule has 0 radical (unpaired) electrons. The number of carbonyl (C=O) groups excluding carboxylic acids is 1. The normalized spacial score (nSPS) is 13.3. The van der Waals surface area contributed by atoms with Crippen molar-refractivity contribution in [2.45, 2.75) is 58.2 Å². The van der Waals surface area contributed by atoms with Crippen LogP contribution < -0.4 is 5.32 Å². The number of rotatable bonds is 10. The standard InChI is InChI=1S/C18H27ClN2O3/c1-4-5-10-16(18(23)24)20-13(2)11-17(22)21(3)12-14-8-6-7-9-15(14)19/h6-9,13,16,20H,4-5,10-12H2,1-3H3,(H,23,24)/t13?,16-/m0/s1. The number of nitrogens with one attached hydrogen (secondary N) is 1. The molecule has 0 fully saturated rings. The topological polar surface area (TPSA) is 69.6 Å². The van der Waals surface area contributed by atoms with Crippen LogP contribution >= 0.6 is 11.6 Å². The fourth-order valence-corrected chi connectivity index (χ4v) is 2.67. The van der Waals surface area contributed by atoms with Gasteiger partial charge in [0.15, 0.2) is 0 Å². The van der Waals surface area contributed by atoms with Gasteiger partial charge in [-0.2, -0.15) is 0 Å². The number of benzene rings is 1. The molecular formula is C18H27ClN2O3. The fourth-order valence-electron chi connectivity index (χ4n) is 2.48. The van der Waals surface area contributed by atoms with E-state index in [1.807, 2.05) is 32.0 Å². The fraction of sp³-hybridized carbons (Fsp3) is 0.556. The van der Waals surface area contributed by atoms with Gasteiger partial charge in [-0.25, -0.2) is 0 Å². The lowest BCUT2D eigenvalue weighted by Crippen LogP contribution is -2.44. The van der Waals surface area contributed by atoms with Gasteiger partial charge in [0.25, 0.3) is 0 Å². The average molecular weight is 355 g/mol. The second-order valence-electron chi connectivity index (χ2n) is 6.15. The van der Waals surface area contributed by atoms with Crippen LogP contribution in [0, 0.1) is 0 Å². The average Bonchev–Trinajstić information content (AvgIpc) is 2.53. The van der Waals surface area contributed by atoms with Crippen molar-refractivity contribution in [1.29, 1.82) is 0 Å². The van der Waals surface area contributed by atoms with E-state index in [-0.39, 0.29) is 18.4 Å². The lowest BCUT2D eigenvalue weighted by atomic mass is 10.1. The van der Waals surface area contributed by atoms with Gasteiger partial charge in [0.1, 0.15) is 6.04 Å². The number of nitrogens with zero attached hydrogens (tertiary/aromatic N) is 1. The predicted molar refractivity (Wildman–Crippen MR) is 96.1 cm³/mol. The first-order chi connectivity index (χ1) is 11.3. The highest BCUT2D eigenvalue weighted by atomic mass is 35.5. The molecule has 0 saturated heterocycles. The Morgan fingerprint density at radius 1 is 1.33 bits per heavy atom. The second-order valence-corrected chi connectivity index (χ2v) is 6.55. The molecule has 1 unspecified atom stereocenters. The Morgan fingerprint density at radius 3 is 2.58 bits per heavy atom. The van der Waals surface area contributed by atoms with Crippen LogP contribution in [0.1, 0.15) is 45.1 Å². The van der Waals surface area contributed by atoms with E-state index in [0.717, 1.165) is 18.4 Å². The molecule has 0 bridgehead atoms. The van der Waals surface area contributed by atoms with Crippen LogP contribution in [-0.2, 0) is 16.1 Å². The number of carboxylic acid groups (broad SMARTS) is 1. The van der Waals surface area contributed by atoms with Gasteiger partial charge in [-0.1, -0.05) is 49.6 Å². The van der Waals surface area contributed by atoms with E-state index >= 15 is 0 Å². The molecule has 0 heterocycles. The largest absolute Gasteiger partial charge is 0.480 e. The highest BCUT2D eigenvalue weighted by Gasteiger charge is 2.21. The third-order valence-electron chi connectivity index (χ3n) is 3.90. The maximum atomic E-state index is 12.3. The molecule has 1 aromatic carbocycles. The summed E-state index contributed by atoms with van der Waals surface area (Å²) in [6, 6.07) is 6.60. The lowest BCUT2D eigenvalue weighted by molar-refractivity contribution is -0.140. The zero-order valence-corrected chi connectivity index (χ0v) is 15.3. The van der Waals surface area contributed by atoms with E-state index in [1.54, 1.807) is 18.0 Å². The third kappa shape index (κ3) is 6.89. The van der Waals surface area contributed by atoms with Crippen LogP contribution in [0.3, 0.4) is 0 Å². The van der Waals surface area contributed by atoms with Crippen molar-refractivity contribution in [3.8, 4) is 0 Å². The number of halogens is 1. The van der Waals surface area contributed by atoms with Crippen LogP contribution in [0.5, 0.6) is 0 Å². The SMILES string of the molecule is CCCC[C@H](NC(C)CC(=O)N(C)Cc1ccccc1Cl)C(=O)O. The molecule has 2 atom stereocenters. The van der Waals surface area contributed by atoms with Gasteiger partial charge in [-0.3, -0.25) is 9.59 Å². The van der Waals surface area contributed by atoms with Crippen molar-refractivity contribution >= 4 is 23.5 Å². The summed E-state index contributed by atoms with van der Waals surface area (Å²) in [5, 5.41) is 12.9. The summed E-state index contributed by atoms with van der Waals surface area (Å²) < 4.78 is 0. The van der Waals surface area contributed by atoms with Crippen molar-refractivity contribution in [3.05, 3.63) is 34.9 Å². The highest BCUT2D eigenvalue weighted by molar-refractivity contribution is 6.31. The third-order valence-corrected chi connectivity index (χ3v) is 4.27. The van der Waals surface area contributed by atoms with Gasteiger partial charge in [0.2, 0.25) is 5.91 Å². The van der Waals surface area contributed by atoms with Gasteiger partial charge in [0.05, 0.1) is 0 Å². The first kappa shape index (κ1) is 20.5. The van der Waals surface area contributed by atoms with E-state index in [2.05, 4.69) is 5.32 Å². The summed E-state index contributed by atoms with van der Waals surface area (Å²) >= 11 is 6.12. The lowest BCUT2D eigenvalue weighted by Gasteiger charge is -2.23. The van der Waals surface area contributed by atoms with Crippen molar-refractivity contribution in [2.75, 3.05) is 7.05 Å². The van der Waals surface area contributed by atoms with Crippen LogP contribution in [0.15, 0.2) is 24.3 Å². The molecule has 0 aromatic heterocycles. The molecule has 0 aliphatic carbocycles. The molecule has 1 amide bonds. The maximum Gasteiger partial charge on any atom is 0.320 e. The zero-order valence-electron chi connectivity index (χ0n) is 14.6. The number of amides is 1. The molecule has 0 aliphatic heterocycles. The monoisotopic (exact) mass is 354 g/mol. The van der Waals surface area contributed by atoms with Crippen molar-refractivity contribution in [2.24, 2.45) is 0 Å². The Balaban J connectivity index is 2.53. The Hall–Kier alpha value is -1.59. The number of hydrogen-bond acceptors (Lipinski definition) is 3. The Kier molecular flexibility index (Phi) is 8.79. The van der Waals surface area contributed by atoms with Crippen molar-refractivity contribution in [3.63, 3.8) is 0 Å². The van der Waals surface area contributed by atoms with E-state index in [0.29, 0.717) is 18.0 Å². The second kappa shape index (κ2) is 10.3. The van der Waals surface area contributed by atoms with E-state index in [9.17, 15) is 14.7 Å². The van der Waals surface area contributed by atoms with Gasteiger partial charge in [0, 0.05) is 31.1 Å². The summed E-state index contributed by atoms with van der Waals surface area (Å²) in [5.41, 5.74) is 0.891.